The van der Waals surface area contributed by atoms with Crippen LogP contribution in [0.2, 0.25) is 5.02 Å². The van der Waals surface area contributed by atoms with Gasteiger partial charge in [-0.3, -0.25) is 0 Å². The van der Waals surface area contributed by atoms with Gasteiger partial charge in [0.1, 0.15) is 5.71 Å². The van der Waals surface area contributed by atoms with E-state index < -0.39 is 5.97 Å². The zero-order valence-electron chi connectivity index (χ0n) is 10.4. The highest BCUT2D eigenvalue weighted by Gasteiger charge is 2.26. The molecule has 98 valence electrons. The molecule has 20 heavy (non-hydrogen) atoms. The van der Waals surface area contributed by atoms with Crippen molar-refractivity contribution in [2.45, 2.75) is 0 Å². The molecule has 0 aromatic heterocycles. The lowest BCUT2D eigenvalue weighted by Gasteiger charge is -2.01. The quantitative estimate of drug-likeness (QED) is 0.623. The van der Waals surface area contributed by atoms with Gasteiger partial charge in [-0.05, 0) is 23.8 Å². The fourth-order valence-corrected chi connectivity index (χ4v) is 2.07. The Morgan fingerprint density at radius 1 is 1.00 bits per heavy atom. The zero-order chi connectivity index (χ0) is 13.9. The summed E-state index contributed by atoms with van der Waals surface area (Å²) in [7, 11) is 0. The number of hydrogen-bond acceptors (Lipinski definition) is 3. The van der Waals surface area contributed by atoms with Gasteiger partial charge in [0.25, 0.3) is 0 Å². The smallest absolute Gasteiger partial charge is 0.312 e. The van der Waals surface area contributed by atoms with Crippen LogP contribution in [-0.2, 0) is 9.63 Å². The van der Waals surface area contributed by atoms with Crippen LogP contribution in [0.1, 0.15) is 11.1 Å². The normalized spacial score (nSPS) is 16.1. The first-order chi connectivity index (χ1) is 9.74. The number of hydrogen-bond donors (Lipinski definition) is 0. The van der Waals surface area contributed by atoms with Crippen molar-refractivity contribution < 1.29 is 9.63 Å². The lowest BCUT2D eigenvalue weighted by Crippen LogP contribution is -2.06. The molecule has 1 heterocycles. The van der Waals surface area contributed by atoms with E-state index in [1.54, 1.807) is 18.2 Å². The molecule has 0 bridgehead atoms. The Morgan fingerprint density at radius 3 is 2.40 bits per heavy atom. The molecule has 2 aromatic rings. The average Bonchev–Trinajstić information content (AvgIpc) is 2.83. The van der Waals surface area contributed by atoms with Crippen molar-refractivity contribution in [3.05, 3.63) is 76.3 Å². The summed E-state index contributed by atoms with van der Waals surface area (Å²) in [6.45, 7) is 0. The molecule has 3 nitrogen and oxygen atoms in total. The maximum Gasteiger partial charge on any atom is 0.368 e. The average molecular weight is 284 g/mol. The largest absolute Gasteiger partial charge is 0.368 e. The van der Waals surface area contributed by atoms with E-state index in [1.807, 2.05) is 42.5 Å². The van der Waals surface area contributed by atoms with Gasteiger partial charge in [0, 0.05) is 10.6 Å². The number of rotatable bonds is 2. The monoisotopic (exact) mass is 283 g/mol. The van der Waals surface area contributed by atoms with E-state index in [-0.39, 0.29) is 0 Å². The second kappa shape index (κ2) is 5.31. The fourth-order valence-electron chi connectivity index (χ4n) is 1.94. The highest BCUT2D eigenvalue weighted by Crippen LogP contribution is 2.21. The van der Waals surface area contributed by atoms with Crippen molar-refractivity contribution in [3.63, 3.8) is 0 Å². The van der Waals surface area contributed by atoms with Crippen LogP contribution in [0.15, 0.2) is 65.3 Å². The van der Waals surface area contributed by atoms with E-state index >= 15 is 0 Å². The highest BCUT2D eigenvalue weighted by atomic mass is 35.5. The number of carbonyl (C=O) groups is 1. The van der Waals surface area contributed by atoms with Gasteiger partial charge in [-0.25, -0.2) is 4.79 Å². The molecule has 0 amide bonds. The summed E-state index contributed by atoms with van der Waals surface area (Å²) < 4.78 is 0. The molecule has 2 aromatic carbocycles. The highest BCUT2D eigenvalue weighted by molar-refractivity contribution is 6.32. The van der Waals surface area contributed by atoms with Crippen LogP contribution in [0.4, 0.5) is 0 Å². The van der Waals surface area contributed by atoms with Crippen LogP contribution in [0.3, 0.4) is 0 Å². The second-order valence-electron chi connectivity index (χ2n) is 4.29. The van der Waals surface area contributed by atoms with Crippen LogP contribution in [0.25, 0.3) is 6.08 Å². The number of carbonyl (C=O) groups excluding carboxylic acids is 1. The van der Waals surface area contributed by atoms with Crippen LogP contribution in [-0.4, -0.2) is 11.7 Å². The number of halogens is 1. The third-order valence-corrected chi connectivity index (χ3v) is 3.18. The Balaban J connectivity index is 2.01. The van der Waals surface area contributed by atoms with Crippen molar-refractivity contribution >= 4 is 29.4 Å². The second-order valence-corrected chi connectivity index (χ2v) is 4.73. The third kappa shape index (κ3) is 2.49. The summed E-state index contributed by atoms with van der Waals surface area (Å²) in [6, 6.07) is 16.7. The van der Waals surface area contributed by atoms with Crippen molar-refractivity contribution in [1.29, 1.82) is 0 Å². The minimum Gasteiger partial charge on any atom is -0.312 e. The molecule has 0 aliphatic carbocycles. The topological polar surface area (TPSA) is 38.7 Å². The van der Waals surface area contributed by atoms with Gasteiger partial charge >= 0.3 is 5.97 Å². The fraction of sp³-hybridized carbons (Fsp3) is 0. The molecule has 1 aliphatic heterocycles. The summed E-state index contributed by atoms with van der Waals surface area (Å²) in [5, 5.41) is 4.48. The maximum atomic E-state index is 11.8. The molecule has 4 heteroatoms. The van der Waals surface area contributed by atoms with Gasteiger partial charge < -0.3 is 4.84 Å². The van der Waals surface area contributed by atoms with Gasteiger partial charge in [0.15, 0.2) is 0 Å². The Bertz CT molecular complexity index is 703. The zero-order valence-corrected chi connectivity index (χ0v) is 11.2. The summed E-state index contributed by atoms with van der Waals surface area (Å²) in [4.78, 5) is 16.6. The lowest BCUT2D eigenvalue weighted by atomic mass is 10.0. The van der Waals surface area contributed by atoms with Crippen molar-refractivity contribution in [3.8, 4) is 0 Å². The molecular formula is C16H10ClNO2. The Morgan fingerprint density at radius 2 is 1.70 bits per heavy atom. The maximum absolute atomic E-state index is 11.8. The van der Waals surface area contributed by atoms with Gasteiger partial charge in [0.2, 0.25) is 0 Å². The number of oxime groups is 1. The van der Waals surface area contributed by atoms with E-state index in [0.29, 0.717) is 16.3 Å². The first-order valence-electron chi connectivity index (χ1n) is 6.06. The van der Waals surface area contributed by atoms with Crippen LogP contribution >= 0.6 is 11.6 Å². The molecule has 0 radical (unpaired) electrons. The third-order valence-electron chi connectivity index (χ3n) is 2.92. The molecule has 0 saturated carbocycles. The van der Waals surface area contributed by atoms with E-state index in [0.717, 1.165) is 11.1 Å². The molecule has 3 rings (SSSR count). The molecule has 0 saturated heterocycles. The molecule has 0 N–H and O–H groups in total. The lowest BCUT2D eigenvalue weighted by molar-refractivity contribution is -0.136. The molecule has 0 unspecified atom stereocenters. The summed E-state index contributed by atoms with van der Waals surface area (Å²) in [6.07, 6.45) is 1.77. The van der Waals surface area contributed by atoms with Crippen LogP contribution < -0.4 is 0 Å². The van der Waals surface area contributed by atoms with E-state index in [9.17, 15) is 4.79 Å². The molecule has 0 spiro atoms. The van der Waals surface area contributed by atoms with E-state index in [2.05, 4.69) is 5.16 Å². The first kappa shape index (κ1) is 12.6. The van der Waals surface area contributed by atoms with Crippen molar-refractivity contribution in [1.82, 2.24) is 0 Å². The number of benzene rings is 2. The first-order valence-corrected chi connectivity index (χ1v) is 6.44. The molecular weight excluding hydrogens is 274 g/mol. The summed E-state index contributed by atoms with van der Waals surface area (Å²) in [5.74, 6) is -0.446. The standard InChI is InChI=1S/C16H10ClNO2/c17-13-8-6-12(7-9-13)15-14(16(19)20-18-15)10-11-4-2-1-3-5-11/h1-10H/b14-10-. The van der Waals surface area contributed by atoms with E-state index in [4.69, 9.17) is 16.4 Å². The van der Waals surface area contributed by atoms with Crippen molar-refractivity contribution in [2.24, 2.45) is 5.16 Å². The van der Waals surface area contributed by atoms with Gasteiger partial charge in [-0.1, -0.05) is 59.2 Å². The Hall–Kier alpha value is -2.39. The minimum absolute atomic E-state index is 0.443. The van der Waals surface area contributed by atoms with Gasteiger partial charge in [0.05, 0.1) is 5.57 Å². The Kier molecular flexibility index (Phi) is 3.35. The summed E-state index contributed by atoms with van der Waals surface area (Å²) in [5.41, 5.74) is 2.68. The minimum atomic E-state index is -0.446. The predicted molar refractivity (Wildman–Crippen MR) is 78.5 cm³/mol. The van der Waals surface area contributed by atoms with Crippen LogP contribution in [0, 0.1) is 0 Å². The molecule has 0 fully saturated rings. The van der Waals surface area contributed by atoms with Gasteiger partial charge in [-0.15, -0.1) is 0 Å². The van der Waals surface area contributed by atoms with Gasteiger partial charge in [-0.2, -0.15) is 0 Å². The SMILES string of the molecule is O=C1ON=C(c2ccc(Cl)cc2)/C1=C/c1ccccc1. The number of nitrogens with zero attached hydrogens (tertiary/aromatic N) is 1. The Labute approximate surface area is 121 Å². The van der Waals surface area contributed by atoms with Crippen molar-refractivity contribution in [2.75, 3.05) is 0 Å². The predicted octanol–water partition coefficient (Wildman–Crippen LogP) is 3.68. The molecule has 1 aliphatic rings. The molecule has 0 atom stereocenters. The van der Waals surface area contributed by atoms with E-state index in [1.165, 1.54) is 0 Å². The van der Waals surface area contributed by atoms with Crippen LogP contribution in [0.5, 0.6) is 0 Å². The summed E-state index contributed by atoms with van der Waals surface area (Å²) >= 11 is 5.86.